The molecule has 2 N–H and O–H groups in total. The van der Waals surface area contributed by atoms with Crippen LogP contribution in [0.5, 0.6) is 5.75 Å². The number of carboxylic acids is 1. The Labute approximate surface area is 120 Å². The third-order valence-corrected chi connectivity index (χ3v) is 2.97. The number of hydrogen-bond donors (Lipinski definition) is 2. The highest BCUT2D eigenvalue weighted by Gasteiger charge is 2.17. The molecular weight excluding hydrogens is 314 g/mol. The summed E-state index contributed by atoms with van der Waals surface area (Å²) >= 11 is 3.14. The second-order valence-electron chi connectivity index (χ2n) is 4.37. The van der Waals surface area contributed by atoms with Crippen molar-refractivity contribution < 1.29 is 19.4 Å². The molecule has 0 bridgehead atoms. The molecule has 0 fully saturated rings. The summed E-state index contributed by atoms with van der Waals surface area (Å²) < 4.78 is 5.89. The average Bonchev–Trinajstić information content (AvgIpc) is 2.30. The fourth-order valence-corrected chi connectivity index (χ4v) is 1.82. The molecule has 1 atom stereocenters. The number of benzene rings is 1. The summed E-state index contributed by atoms with van der Waals surface area (Å²) in [6, 6.07) is 4.59. The minimum Gasteiger partial charge on any atom is -0.481 e. The van der Waals surface area contributed by atoms with E-state index in [1.807, 2.05) is 13.8 Å². The largest absolute Gasteiger partial charge is 0.481 e. The smallest absolute Gasteiger partial charge is 0.336 e. The van der Waals surface area contributed by atoms with E-state index in [1.54, 1.807) is 19.1 Å². The van der Waals surface area contributed by atoms with Gasteiger partial charge in [0.05, 0.1) is 5.56 Å². The van der Waals surface area contributed by atoms with Crippen LogP contribution < -0.4 is 10.1 Å². The van der Waals surface area contributed by atoms with Gasteiger partial charge in [-0.1, -0.05) is 0 Å². The fraction of sp³-hybridized carbons (Fsp3) is 0.385. The summed E-state index contributed by atoms with van der Waals surface area (Å²) in [6.07, 6.45) is -0.690. The number of amides is 1. The van der Waals surface area contributed by atoms with Gasteiger partial charge in [-0.25, -0.2) is 4.79 Å². The van der Waals surface area contributed by atoms with Crippen LogP contribution in [0.2, 0.25) is 0 Å². The number of carbonyl (C=O) groups is 2. The van der Waals surface area contributed by atoms with Gasteiger partial charge in [-0.3, -0.25) is 4.79 Å². The van der Waals surface area contributed by atoms with Crippen LogP contribution in [-0.2, 0) is 4.79 Å². The maximum atomic E-state index is 11.7. The predicted molar refractivity (Wildman–Crippen MR) is 74.5 cm³/mol. The van der Waals surface area contributed by atoms with Crippen molar-refractivity contribution >= 4 is 27.8 Å². The molecule has 6 heteroatoms. The van der Waals surface area contributed by atoms with Gasteiger partial charge in [0, 0.05) is 10.5 Å². The monoisotopic (exact) mass is 329 g/mol. The van der Waals surface area contributed by atoms with Crippen molar-refractivity contribution in [1.82, 2.24) is 5.32 Å². The highest BCUT2D eigenvalue weighted by atomic mass is 79.9. The van der Waals surface area contributed by atoms with Crippen LogP contribution in [0.4, 0.5) is 0 Å². The summed E-state index contributed by atoms with van der Waals surface area (Å²) in [6.45, 7) is 5.32. The summed E-state index contributed by atoms with van der Waals surface area (Å²) in [5.74, 6) is -0.960. The van der Waals surface area contributed by atoms with Gasteiger partial charge in [0.1, 0.15) is 5.75 Å². The van der Waals surface area contributed by atoms with E-state index in [9.17, 15) is 9.59 Å². The minimum absolute atomic E-state index is 0.0260. The number of ether oxygens (including phenoxy) is 1. The lowest BCUT2D eigenvalue weighted by Crippen LogP contribution is -2.40. The van der Waals surface area contributed by atoms with Crippen LogP contribution in [0.1, 0.15) is 31.1 Å². The molecule has 0 aromatic heterocycles. The number of carboxylic acid groups (broad SMARTS) is 1. The quantitative estimate of drug-likeness (QED) is 0.869. The van der Waals surface area contributed by atoms with Crippen LogP contribution in [0.15, 0.2) is 22.7 Å². The van der Waals surface area contributed by atoms with Crippen LogP contribution >= 0.6 is 15.9 Å². The van der Waals surface area contributed by atoms with Crippen molar-refractivity contribution in [3.8, 4) is 5.75 Å². The highest BCUT2D eigenvalue weighted by molar-refractivity contribution is 9.10. The lowest BCUT2D eigenvalue weighted by molar-refractivity contribution is -0.127. The van der Waals surface area contributed by atoms with E-state index < -0.39 is 12.1 Å². The SMILES string of the molecule is CC(C)NC(=O)C(C)Oc1ccc(Br)c(C(=O)O)c1. The fourth-order valence-electron chi connectivity index (χ4n) is 1.40. The Balaban J connectivity index is 2.80. The number of hydrogen-bond acceptors (Lipinski definition) is 3. The Bertz CT molecular complexity index is 488. The molecule has 1 unspecified atom stereocenters. The first-order valence-electron chi connectivity index (χ1n) is 5.81. The van der Waals surface area contributed by atoms with Gasteiger partial charge >= 0.3 is 5.97 Å². The Hall–Kier alpha value is -1.56. The zero-order valence-corrected chi connectivity index (χ0v) is 12.5. The van der Waals surface area contributed by atoms with E-state index in [0.29, 0.717) is 10.2 Å². The van der Waals surface area contributed by atoms with E-state index in [-0.39, 0.29) is 17.5 Å². The highest BCUT2D eigenvalue weighted by Crippen LogP contribution is 2.23. The third kappa shape index (κ3) is 4.55. The normalized spacial score (nSPS) is 12.1. The van der Waals surface area contributed by atoms with E-state index in [4.69, 9.17) is 9.84 Å². The molecule has 0 saturated heterocycles. The van der Waals surface area contributed by atoms with Crippen LogP contribution in [0, 0.1) is 0 Å². The first-order valence-corrected chi connectivity index (χ1v) is 6.60. The third-order valence-electron chi connectivity index (χ3n) is 2.28. The zero-order valence-electron chi connectivity index (χ0n) is 10.9. The number of rotatable bonds is 5. The van der Waals surface area contributed by atoms with Gasteiger partial charge in [0.25, 0.3) is 5.91 Å². The lowest BCUT2D eigenvalue weighted by Gasteiger charge is -2.16. The molecule has 5 nitrogen and oxygen atoms in total. The topological polar surface area (TPSA) is 75.6 Å². The Morgan fingerprint density at radius 3 is 2.47 bits per heavy atom. The summed E-state index contributed by atoms with van der Waals surface area (Å²) in [4.78, 5) is 22.7. The molecule has 1 amide bonds. The van der Waals surface area contributed by atoms with Crippen LogP contribution in [-0.4, -0.2) is 29.1 Å². The number of nitrogens with one attached hydrogen (secondary N) is 1. The summed E-state index contributed by atoms with van der Waals surface area (Å²) in [5.41, 5.74) is 0.0916. The summed E-state index contributed by atoms with van der Waals surface area (Å²) in [7, 11) is 0. The average molecular weight is 330 g/mol. The molecule has 1 aromatic rings. The number of carbonyl (C=O) groups excluding carboxylic acids is 1. The van der Waals surface area contributed by atoms with Crippen molar-refractivity contribution in [2.75, 3.05) is 0 Å². The maximum Gasteiger partial charge on any atom is 0.336 e. The Morgan fingerprint density at radius 2 is 1.95 bits per heavy atom. The molecule has 1 aromatic carbocycles. The van der Waals surface area contributed by atoms with E-state index in [0.717, 1.165) is 0 Å². The standard InChI is InChI=1S/C13H16BrNO4/c1-7(2)15-12(16)8(3)19-9-4-5-11(14)10(6-9)13(17)18/h4-8H,1-3H3,(H,15,16)(H,17,18). The van der Waals surface area contributed by atoms with Gasteiger partial charge < -0.3 is 15.2 Å². The molecule has 0 heterocycles. The van der Waals surface area contributed by atoms with Crippen molar-refractivity contribution in [2.24, 2.45) is 0 Å². The molecule has 0 spiro atoms. The van der Waals surface area contributed by atoms with E-state index >= 15 is 0 Å². The maximum absolute atomic E-state index is 11.7. The molecule has 0 aliphatic heterocycles. The second kappa shape index (κ2) is 6.56. The molecule has 0 aliphatic carbocycles. The van der Waals surface area contributed by atoms with Crippen molar-refractivity contribution in [1.29, 1.82) is 0 Å². The molecule has 0 saturated carbocycles. The predicted octanol–water partition coefficient (Wildman–Crippen LogP) is 2.44. The van der Waals surface area contributed by atoms with Crippen LogP contribution in [0.3, 0.4) is 0 Å². The van der Waals surface area contributed by atoms with Gasteiger partial charge in [-0.2, -0.15) is 0 Å². The van der Waals surface area contributed by atoms with Crippen molar-refractivity contribution in [3.63, 3.8) is 0 Å². The Morgan fingerprint density at radius 1 is 1.32 bits per heavy atom. The molecule has 1 rings (SSSR count). The molecule has 19 heavy (non-hydrogen) atoms. The van der Waals surface area contributed by atoms with E-state index in [1.165, 1.54) is 6.07 Å². The minimum atomic E-state index is -1.06. The second-order valence-corrected chi connectivity index (χ2v) is 5.22. The van der Waals surface area contributed by atoms with Gasteiger partial charge in [-0.15, -0.1) is 0 Å². The van der Waals surface area contributed by atoms with Gasteiger partial charge in [0.15, 0.2) is 6.10 Å². The number of halogens is 1. The molecule has 104 valence electrons. The van der Waals surface area contributed by atoms with Gasteiger partial charge in [-0.05, 0) is 54.9 Å². The lowest BCUT2D eigenvalue weighted by atomic mass is 10.2. The van der Waals surface area contributed by atoms with Gasteiger partial charge in [0.2, 0.25) is 0 Å². The Kier molecular flexibility index (Phi) is 5.35. The van der Waals surface area contributed by atoms with E-state index in [2.05, 4.69) is 21.2 Å². The first kappa shape index (κ1) is 15.5. The first-order chi connectivity index (χ1) is 8.81. The number of aromatic carboxylic acids is 1. The molecule has 0 aliphatic rings. The van der Waals surface area contributed by atoms with Crippen molar-refractivity contribution in [3.05, 3.63) is 28.2 Å². The molecular formula is C13H16BrNO4. The summed E-state index contributed by atoms with van der Waals surface area (Å²) in [5, 5.41) is 11.7. The van der Waals surface area contributed by atoms with Crippen molar-refractivity contribution in [2.45, 2.75) is 32.9 Å². The van der Waals surface area contributed by atoms with Crippen LogP contribution in [0.25, 0.3) is 0 Å². The molecule has 0 radical (unpaired) electrons. The zero-order chi connectivity index (χ0) is 14.6.